The number of nitrogens with two attached hydrogens (primary N) is 1. The third-order valence-corrected chi connectivity index (χ3v) is 2.61. The van der Waals surface area contributed by atoms with Crippen molar-refractivity contribution in [3.63, 3.8) is 0 Å². The van der Waals surface area contributed by atoms with E-state index in [-0.39, 0.29) is 12.4 Å². The number of rotatable bonds is 5. The summed E-state index contributed by atoms with van der Waals surface area (Å²) in [5, 5.41) is 2.85. The largest absolute Gasteiger partial charge is 0.423 e. The van der Waals surface area contributed by atoms with E-state index < -0.39 is 12.6 Å². The number of alkyl halides is 3. The molecule has 2 aromatic rings. The molecule has 0 aliphatic carbocycles. The Morgan fingerprint density at radius 1 is 1.26 bits per heavy atom. The van der Waals surface area contributed by atoms with Crippen molar-refractivity contribution in [2.45, 2.75) is 25.4 Å². The van der Waals surface area contributed by atoms with Gasteiger partial charge >= 0.3 is 6.18 Å². The van der Waals surface area contributed by atoms with Gasteiger partial charge in [-0.2, -0.15) is 18.2 Å². The van der Waals surface area contributed by atoms with Crippen LogP contribution in [0.15, 0.2) is 22.6 Å². The van der Waals surface area contributed by atoms with Crippen LogP contribution in [0.4, 0.5) is 24.9 Å². The molecule has 104 valence electrons. The average Bonchev–Trinajstić information content (AvgIpc) is 2.71. The first-order valence-electron chi connectivity index (χ1n) is 5.91. The number of benzene rings is 1. The lowest BCUT2D eigenvalue weighted by molar-refractivity contribution is -0.135. The number of nitrogens with zero attached hydrogens (tertiary/aromatic N) is 1. The van der Waals surface area contributed by atoms with Gasteiger partial charge in [0.15, 0.2) is 5.58 Å². The molecular formula is C12H14F3N3O. The maximum Gasteiger partial charge on any atom is 0.389 e. The highest BCUT2D eigenvalue weighted by Gasteiger charge is 2.25. The number of fused-ring (bicyclic) bond motifs is 1. The molecule has 1 aromatic carbocycles. The zero-order chi connectivity index (χ0) is 13.9. The van der Waals surface area contributed by atoms with E-state index >= 15 is 0 Å². The summed E-state index contributed by atoms with van der Waals surface area (Å²) in [7, 11) is 0. The maximum absolute atomic E-state index is 11.9. The van der Waals surface area contributed by atoms with Crippen LogP contribution in [0.3, 0.4) is 0 Å². The van der Waals surface area contributed by atoms with E-state index in [0.717, 1.165) is 0 Å². The summed E-state index contributed by atoms with van der Waals surface area (Å²) in [5.41, 5.74) is 7.33. The van der Waals surface area contributed by atoms with Crippen molar-refractivity contribution in [2.24, 2.45) is 0 Å². The molecule has 0 atom stereocenters. The van der Waals surface area contributed by atoms with Gasteiger partial charge in [0.1, 0.15) is 5.52 Å². The molecule has 0 aliphatic heterocycles. The lowest BCUT2D eigenvalue weighted by atomic mass is 10.2. The van der Waals surface area contributed by atoms with Gasteiger partial charge in [0, 0.05) is 13.0 Å². The van der Waals surface area contributed by atoms with Gasteiger partial charge in [-0.3, -0.25) is 0 Å². The minimum absolute atomic E-state index is 0.0822. The molecule has 7 heteroatoms. The molecule has 0 aliphatic rings. The highest BCUT2D eigenvalue weighted by molar-refractivity contribution is 5.86. The van der Waals surface area contributed by atoms with Crippen molar-refractivity contribution >= 4 is 22.8 Å². The topological polar surface area (TPSA) is 64.1 Å². The number of nitrogens with one attached hydrogen (secondary N) is 1. The second-order valence-electron chi connectivity index (χ2n) is 4.21. The number of unbranched alkanes of at least 4 members (excludes halogenated alkanes) is 1. The van der Waals surface area contributed by atoms with Crippen molar-refractivity contribution in [3.8, 4) is 0 Å². The molecule has 0 radical (unpaired) electrons. The van der Waals surface area contributed by atoms with E-state index in [1.54, 1.807) is 18.2 Å². The summed E-state index contributed by atoms with van der Waals surface area (Å²) in [4.78, 5) is 4.13. The highest BCUT2D eigenvalue weighted by atomic mass is 19.4. The van der Waals surface area contributed by atoms with Crippen LogP contribution < -0.4 is 11.1 Å². The van der Waals surface area contributed by atoms with Gasteiger partial charge in [0.2, 0.25) is 0 Å². The molecule has 0 unspecified atom stereocenters. The van der Waals surface area contributed by atoms with E-state index in [9.17, 15) is 13.2 Å². The highest BCUT2D eigenvalue weighted by Crippen LogP contribution is 2.24. The first-order chi connectivity index (χ1) is 8.96. The summed E-state index contributed by atoms with van der Waals surface area (Å²) in [5.74, 6) is 0. The fourth-order valence-electron chi connectivity index (χ4n) is 1.69. The number of nitrogen functional groups attached to an aromatic ring is 1. The van der Waals surface area contributed by atoms with Crippen LogP contribution in [0.1, 0.15) is 19.3 Å². The molecule has 1 aromatic heterocycles. The maximum atomic E-state index is 11.9. The standard InChI is InChI=1S/C12H14F3N3O/c13-12(14,15)6-1-2-7-17-11-18-10-8(16)4-3-5-9(10)19-11/h3-5H,1-2,6-7,16H2,(H,17,18). The Labute approximate surface area is 107 Å². The van der Waals surface area contributed by atoms with Crippen molar-refractivity contribution < 1.29 is 17.6 Å². The normalized spacial score (nSPS) is 11.9. The molecule has 0 saturated carbocycles. The first-order valence-corrected chi connectivity index (χ1v) is 5.91. The summed E-state index contributed by atoms with van der Waals surface area (Å²) in [6.45, 7) is 0.378. The zero-order valence-electron chi connectivity index (χ0n) is 10.1. The third kappa shape index (κ3) is 3.77. The molecule has 1 heterocycles. The van der Waals surface area contributed by atoms with Gasteiger partial charge in [0.25, 0.3) is 6.01 Å². The van der Waals surface area contributed by atoms with Gasteiger partial charge in [-0.25, -0.2) is 0 Å². The minimum Gasteiger partial charge on any atom is -0.423 e. The molecule has 0 fully saturated rings. The molecular weight excluding hydrogens is 259 g/mol. The van der Waals surface area contributed by atoms with Crippen LogP contribution in [0, 0.1) is 0 Å². The molecule has 0 bridgehead atoms. The van der Waals surface area contributed by atoms with Crippen molar-refractivity contribution in [2.75, 3.05) is 17.6 Å². The van der Waals surface area contributed by atoms with Gasteiger partial charge in [0.05, 0.1) is 5.69 Å². The van der Waals surface area contributed by atoms with Crippen LogP contribution in [0.5, 0.6) is 0 Å². The Hall–Kier alpha value is -1.92. The average molecular weight is 273 g/mol. The van der Waals surface area contributed by atoms with Crippen LogP contribution in [-0.4, -0.2) is 17.7 Å². The lowest BCUT2D eigenvalue weighted by Gasteiger charge is -2.05. The fourth-order valence-corrected chi connectivity index (χ4v) is 1.69. The van der Waals surface area contributed by atoms with E-state index in [2.05, 4.69) is 10.3 Å². The molecule has 2 rings (SSSR count). The Morgan fingerprint density at radius 2 is 2.05 bits per heavy atom. The van der Waals surface area contributed by atoms with Crippen LogP contribution in [0.2, 0.25) is 0 Å². The zero-order valence-corrected chi connectivity index (χ0v) is 10.1. The van der Waals surface area contributed by atoms with E-state index in [0.29, 0.717) is 29.8 Å². The van der Waals surface area contributed by atoms with Gasteiger partial charge in [-0.15, -0.1) is 0 Å². The number of hydrogen-bond donors (Lipinski definition) is 2. The monoisotopic (exact) mass is 273 g/mol. The lowest BCUT2D eigenvalue weighted by Crippen LogP contribution is -2.08. The van der Waals surface area contributed by atoms with Crippen LogP contribution in [0.25, 0.3) is 11.1 Å². The predicted octanol–water partition coefficient (Wildman–Crippen LogP) is 3.55. The minimum atomic E-state index is -4.09. The van der Waals surface area contributed by atoms with Gasteiger partial charge in [-0.1, -0.05) is 6.07 Å². The third-order valence-electron chi connectivity index (χ3n) is 2.61. The second-order valence-corrected chi connectivity index (χ2v) is 4.21. The Bertz CT molecular complexity index is 551. The van der Waals surface area contributed by atoms with E-state index in [1.165, 1.54) is 0 Å². The molecule has 0 amide bonds. The summed E-state index contributed by atoms with van der Waals surface area (Å²) in [6, 6.07) is 5.46. The Morgan fingerprint density at radius 3 is 2.74 bits per heavy atom. The molecule has 19 heavy (non-hydrogen) atoms. The number of anilines is 2. The summed E-state index contributed by atoms with van der Waals surface area (Å²) in [6.07, 6.45) is -4.38. The predicted molar refractivity (Wildman–Crippen MR) is 66.8 cm³/mol. The second kappa shape index (κ2) is 5.38. The quantitative estimate of drug-likeness (QED) is 0.646. The number of aromatic nitrogens is 1. The van der Waals surface area contributed by atoms with Crippen molar-refractivity contribution in [3.05, 3.63) is 18.2 Å². The number of oxazole rings is 1. The molecule has 4 nitrogen and oxygen atoms in total. The summed E-state index contributed by atoms with van der Waals surface area (Å²) < 4.78 is 41.1. The van der Waals surface area contributed by atoms with E-state index in [1.807, 2.05) is 0 Å². The molecule has 0 saturated heterocycles. The SMILES string of the molecule is Nc1cccc2oc(NCCCCC(F)(F)F)nc12. The smallest absolute Gasteiger partial charge is 0.389 e. The van der Waals surface area contributed by atoms with Crippen molar-refractivity contribution in [1.29, 1.82) is 0 Å². The number of para-hydroxylation sites is 1. The first kappa shape index (κ1) is 13.5. The van der Waals surface area contributed by atoms with Gasteiger partial charge in [-0.05, 0) is 25.0 Å². The fraction of sp³-hybridized carbons (Fsp3) is 0.417. The molecule has 3 N–H and O–H groups in total. The molecule has 0 spiro atoms. The van der Waals surface area contributed by atoms with Crippen LogP contribution >= 0.6 is 0 Å². The van der Waals surface area contributed by atoms with Gasteiger partial charge < -0.3 is 15.5 Å². The number of halogens is 3. The number of hydrogen-bond acceptors (Lipinski definition) is 4. The van der Waals surface area contributed by atoms with Crippen molar-refractivity contribution in [1.82, 2.24) is 4.98 Å². The summed E-state index contributed by atoms with van der Waals surface area (Å²) >= 11 is 0. The van der Waals surface area contributed by atoms with E-state index in [4.69, 9.17) is 10.2 Å². The Balaban J connectivity index is 1.84. The Kier molecular flexibility index (Phi) is 3.82. The van der Waals surface area contributed by atoms with Crippen LogP contribution in [-0.2, 0) is 0 Å².